The molecule has 0 fully saturated rings. The normalized spacial score (nSPS) is 9.27. The third-order valence-electron chi connectivity index (χ3n) is 1.74. The molecule has 0 saturated carbocycles. The van der Waals surface area contributed by atoms with Crippen molar-refractivity contribution >= 4 is 0 Å². The van der Waals surface area contributed by atoms with Gasteiger partial charge in [-0.25, -0.2) is 0 Å². The molecule has 0 radical (unpaired) electrons. The van der Waals surface area contributed by atoms with Crippen molar-refractivity contribution in [2.45, 2.75) is 52.9 Å². The van der Waals surface area contributed by atoms with Gasteiger partial charge in [0.2, 0.25) is 0 Å². The molecule has 0 aromatic rings. The number of allylic oxidation sites excluding steroid dienone is 1. The third kappa shape index (κ3) is 31.5. The monoisotopic (exact) mass is 210 g/mol. The first kappa shape index (κ1) is 20.5. The van der Waals surface area contributed by atoms with Gasteiger partial charge in [-0.15, -0.1) is 0 Å². The zero-order valence-electron chi connectivity index (χ0n) is 12.0. The molecule has 2 nitrogen and oxygen atoms in total. The molecule has 15 heavy (non-hydrogen) atoms. The van der Waals surface area contributed by atoms with Crippen LogP contribution in [0, 0.1) is 0 Å². The van der Waals surface area contributed by atoms with Gasteiger partial charge in [-0.05, 0) is 26.7 Å². The fraction of sp³-hybridized carbons (Fsp3) is 0.833. The second-order valence-corrected chi connectivity index (χ2v) is 3.02. The summed E-state index contributed by atoms with van der Waals surface area (Å²) >= 11 is 0. The van der Waals surface area contributed by atoms with Crippen LogP contribution in [-0.2, 0) is 4.74 Å². The number of hydrogen-bond donors (Lipinski definition) is 1. The van der Waals surface area contributed by atoms with E-state index in [1.54, 1.807) is 6.08 Å². The summed E-state index contributed by atoms with van der Waals surface area (Å²) in [6.07, 6.45) is 9.06. The van der Waals surface area contributed by atoms with E-state index in [0.29, 0.717) is 0 Å². The van der Waals surface area contributed by atoms with Crippen LogP contribution in [0.25, 0.3) is 0 Å². The molecule has 0 aliphatic rings. The summed E-state index contributed by atoms with van der Waals surface area (Å²) in [6.45, 7) is 7.86. The minimum Gasteiger partial charge on any atom is -1.00 e. The molecule has 0 bridgehead atoms. The van der Waals surface area contributed by atoms with Crippen molar-refractivity contribution in [1.82, 2.24) is 0 Å². The molecule has 88 valence electrons. The van der Waals surface area contributed by atoms with Crippen LogP contribution >= 0.6 is 0 Å². The molecule has 0 aliphatic carbocycles. The maximum atomic E-state index is 8.24. The molecule has 0 atom stereocenters. The van der Waals surface area contributed by atoms with E-state index in [4.69, 9.17) is 9.84 Å². The average molecular weight is 210 g/mol. The smallest absolute Gasteiger partial charge is 1.00 e. The van der Waals surface area contributed by atoms with Crippen molar-refractivity contribution in [3.05, 3.63) is 12.3 Å². The van der Waals surface area contributed by atoms with Gasteiger partial charge in [0, 0.05) is 13.2 Å². The van der Waals surface area contributed by atoms with Crippen LogP contribution in [0.3, 0.4) is 0 Å². The van der Waals surface area contributed by atoms with Crippen LogP contribution < -0.4 is 18.9 Å². The second-order valence-electron chi connectivity index (χ2n) is 3.02. The van der Waals surface area contributed by atoms with Gasteiger partial charge in [0.15, 0.2) is 0 Å². The summed E-state index contributed by atoms with van der Waals surface area (Å²) < 4.78 is 4.83. The summed E-state index contributed by atoms with van der Waals surface area (Å²) in [5.74, 6) is 0. The largest absolute Gasteiger partial charge is 1.00 e. The molecule has 0 heterocycles. The van der Waals surface area contributed by atoms with Crippen molar-refractivity contribution < 1.29 is 30.1 Å². The van der Waals surface area contributed by atoms with Gasteiger partial charge in [-0.3, -0.25) is 0 Å². The van der Waals surface area contributed by atoms with E-state index >= 15 is 0 Å². The Morgan fingerprint density at radius 3 is 2.00 bits per heavy atom. The summed E-state index contributed by atoms with van der Waals surface area (Å²) in [6, 6.07) is 0. The maximum Gasteiger partial charge on any atom is 1.00 e. The summed E-state index contributed by atoms with van der Waals surface area (Å²) in [5.41, 5.74) is 0. The number of aliphatic hydroxyl groups is 1. The fourth-order valence-corrected chi connectivity index (χ4v) is 0.968. The Labute approximate surface area is 109 Å². The standard InChI is InChI=1S/C8H16O.C4H10O.Li.H/c1-2-3-4-5-6-7-8-9;1-3-5-4-2;;/h7-9H,2-6H2,1H3;3-4H2,1-2H3;;/q;;+1;-1/b8-7+;;;. The Hall–Kier alpha value is 0.0974. The zero-order valence-corrected chi connectivity index (χ0v) is 11.0. The van der Waals surface area contributed by atoms with E-state index in [2.05, 4.69) is 6.92 Å². The predicted octanol–water partition coefficient (Wildman–Crippen LogP) is 1.19. The first-order valence-electron chi connectivity index (χ1n) is 5.70. The molecule has 0 aromatic carbocycles. The van der Waals surface area contributed by atoms with Crippen molar-refractivity contribution in [3.63, 3.8) is 0 Å². The van der Waals surface area contributed by atoms with E-state index in [-0.39, 0.29) is 20.3 Å². The maximum absolute atomic E-state index is 8.24. The van der Waals surface area contributed by atoms with Crippen LogP contribution in [0.5, 0.6) is 0 Å². The van der Waals surface area contributed by atoms with Crippen LogP contribution in [0.4, 0.5) is 0 Å². The molecular weight excluding hydrogens is 183 g/mol. The summed E-state index contributed by atoms with van der Waals surface area (Å²) in [4.78, 5) is 0. The van der Waals surface area contributed by atoms with E-state index in [1.165, 1.54) is 25.7 Å². The van der Waals surface area contributed by atoms with E-state index in [9.17, 15) is 0 Å². The van der Waals surface area contributed by atoms with Gasteiger partial charge >= 0.3 is 18.9 Å². The molecule has 0 saturated heterocycles. The van der Waals surface area contributed by atoms with Crippen LogP contribution in [0.2, 0.25) is 0 Å². The first-order chi connectivity index (χ1) is 6.83. The van der Waals surface area contributed by atoms with Crippen molar-refractivity contribution in [2.75, 3.05) is 13.2 Å². The Bertz CT molecular complexity index is 109. The predicted molar refractivity (Wildman–Crippen MR) is 63.8 cm³/mol. The number of ether oxygens (including phenoxy) is 1. The van der Waals surface area contributed by atoms with Gasteiger partial charge in [0.05, 0.1) is 6.26 Å². The number of hydrogen-bond acceptors (Lipinski definition) is 2. The summed E-state index contributed by atoms with van der Waals surface area (Å²) in [7, 11) is 0. The van der Waals surface area contributed by atoms with Crippen molar-refractivity contribution in [2.24, 2.45) is 0 Å². The molecule has 0 spiro atoms. The molecule has 3 heteroatoms. The Kier molecular flexibility index (Phi) is 32.4. The minimum absolute atomic E-state index is 0. The van der Waals surface area contributed by atoms with Gasteiger partial charge in [-0.1, -0.05) is 32.3 Å². The second kappa shape index (κ2) is 23.7. The molecule has 1 N–H and O–H groups in total. The van der Waals surface area contributed by atoms with Crippen LogP contribution in [0.1, 0.15) is 54.3 Å². The quantitative estimate of drug-likeness (QED) is 0.388. The zero-order chi connectivity index (χ0) is 11.1. The Morgan fingerprint density at radius 1 is 1.07 bits per heavy atom. The summed E-state index contributed by atoms with van der Waals surface area (Å²) in [5, 5.41) is 8.24. The fourth-order valence-electron chi connectivity index (χ4n) is 0.968. The minimum atomic E-state index is 0. The molecular formula is C12H27LiO2. The SMILES string of the molecule is CCCCCC/C=C/O.CCOCC.[H-].[Li+]. The van der Waals surface area contributed by atoms with E-state index in [1.807, 2.05) is 13.8 Å². The number of aliphatic hydroxyl groups excluding tert-OH is 1. The van der Waals surface area contributed by atoms with Crippen LogP contribution in [-0.4, -0.2) is 18.3 Å². The van der Waals surface area contributed by atoms with Crippen molar-refractivity contribution in [3.8, 4) is 0 Å². The topological polar surface area (TPSA) is 29.5 Å². The average Bonchev–Trinajstić information content (AvgIpc) is 2.20. The molecule has 0 aromatic heterocycles. The van der Waals surface area contributed by atoms with Gasteiger partial charge < -0.3 is 11.3 Å². The van der Waals surface area contributed by atoms with Gasteiger partial charge in [-0.2, -0.15) is 0 Å². The Morgan fingerprint density at radius 2 is 1.67 bits per heavy atom. The van der Waals surface area contributed by atoms with Gasteiger partial charge in [0.1, 0.15) is 0 Å². The molecule has 0 unspecified atom stereocenters. The molecule has 0 aliphatic heterocycles. The van der Waals surface area contributed by atoms with E-state index < -0.39 is 0 Å². The van der Waals surface area contributed by atoms with Gasteiger partial charge in [0.25, 0.3) is 0 Å². The number of unbranched alkanes of at least 4 members (excludes halogenated alkanes) is 4. The molecule has 0 rings (SSSR count). The first-order valence-corrected chi connectivity index (χ1v) is 5.70. The van der Waals surface area contributed by atoms with Crippen molar-refractivity contribution in [1.29, 1.82) is 0 Å². The third-order valence-corrected chi connectivity index (χ3v) is 1.74. The number of rotatable bonds is 7. The Balaban J connectivity index is -0.0000000904. The molecule has 0 amide bonds. The van der Waals surface area contributed by atoms with E-state index in [0.717, 1.165) is 25.9 Å². The van der Waals surface area contributed by atoms with Crippen LogP contribution in [0.15, 0.2) is 12.3 Å².